The summed E-state index contributed by atoms with van der Waals surface area (Å²) in [6, 6.07) is 0. The van der Waals surface area contributed by atoms with Crippen molar-refractivity contribution in [2.24, 2.45) is 5.73 Å². The first-order chi connectivity index (χ1) is 6.18. The monoisotopic (exact) mass is 180 g/mol. The van der Waals surface area contributed by atoms with E-state index in [1.165, 1.54) is 38.8 Å². The Morgan fingerprint density at radius 1 is 1.54 bits per heavy atom. The minimum absolute atomic E-state index is 0.232. The Bertz CT molecular complexity index is 216. The van der Waals surface area contributed by atoms with E-state index in [2.05, 4.69) is 17.9 Å². The maximum Gasteiger partial charge on any atom is 0.0167 e. The fraction of sp³-hybridized carbons (Fsp3) is 0.818. The number of hydrogen-bond acceptors (Lipinski definition) is 2. The lowest BCUT2D eigenvalue weighted by atomic mass is 10.1. The van der Waals surface area contributed by atoms with Crippen LogP contribution in [0, 0.1) is 0 Å². The SMILES string of the molecule is CC1=CCN(CCC2(N)CC2)CC1. The number of nitrogens with zero attached hydrogens (tertiary/aromatic N) is 1. The molecule has 2 aliphatic rings. The summed E-state index contributed by atoms with van der Waals surface area (Å²) in [5, 5.41) is 0. The molecule has 0 spiro atoms. The summed E-state index contributed by atoms with van der Waals surface area (Å²) in [5.41, 5.74) is 7.83. The molecule has 2 heteroatoms. The molecule has 0 amide bonds. The molecule has 0 aromatic carbocycles. The van der Waals surface area contributed by atoms with Crippen molar-refractivity contribution in [3.05, 3.63) is 11.6 Å². The highest BCUT2D eigenvalue weighted by molar-refractivity contribution is 5.05. The van der Waals surface area contributed by atoms with E-state index in [1.54, 1.807) is 5.57 Å². The van der Waals surface area contributed by atoms with E-state index in [4.69, 9.17) is 5.73 Å². The lowest BCUT2D eigenvalue weighted by Crippen LogP contribution is -2.34. The molecule has 0 atom stereocenters. The highest BCUT2D eigenvalue weighted by Crippen LogP contribution is 2.35. The lowest BCUT2D eigenvalue weighted by Gasteiger charge is -2.26. The topological polar surface area (TPSA) is 29.3 Å². The van der Waals surface area contributed by atoms with Gasteiger partial charge in [0, 0.05) is 25.2 Å². The van der Waals surface area contributed by atoms with Crippen molar-refractivity contribution in [2.45, 2.75) is 38.1 Å². The molecule has 2 nitrogen and oxygen atoms in total. The summed E-state index contributed by atoms with van der Waals surface area (Å²) >= 11 is 0. The summed E-state index contributed by atoms with van der Waals surface area (Å²) in [6.45, 7) is 5.79. The molecule has 0 aromatic heterocycles. The molecule has 74 valence electrons. The van der Waals surface area contributed by atoms with Gasteiger partial charge in [0.1, 0.15) is 0 Å². The van der Waals surface area contributed by atoms with Crippen LogP contribution in [0.1, 0.15) is 32.6 Å². The molecular formula is C11H20N2. The highest BCUT2D eigenvalue weighted by atomic mass is 15.1. The van der Waals surface area contributed by atoms with Crippen LogP contribution in [0.15, 0.2) is 11.6 Å². The van der Waals surface area contributed by atoms with Crippen LogP contribution in [0.3, 0.4) is 0 Å². The van der Waals surface area contributed by atoms with E-state index in [9.17, 15) is 0 Å². The summed E-state index contributed by atoms with van der Waals surface area (Å²) < 4.78 is 0. The molecule has 1 saturated carbocycles. The van der Waals surface area contributed by atoms with Gasteiger partial charge in [-0.3, -0.25) is 4.90 Å². The smallest absolute Gasteiger partial charge is 0.0167 e. The average Bonchev–Trinajstić information content (AvgIpc) is 2.84. The molecule has 0 aromatic rings. The predicted octanol–water partition coefficient (Wildman–Crippen LogP) is 1.52. The van der Waals surface area contributed by atoms with Gasteiger partial charge in [-0.15, -0.1) is 0 Å². The van der Waals surface area contributed by atoms with E-state index in [0.717, 1.165) is 6.54 Å². The van der Waals surface area contributed by atoms with Crippen molar-refractivity contribution in [2.75, 3.05) is 19.6 Å². The van der Waals surface area contributed by atoms with Crippen LogP contribution in [-0.4, -0.2) is 30.1 Å². The summed E-state index contributed by atoms with van der Waals surface area (Å²) in [7, 11) is 0. The zero-order chi connectivity index (χ0) is 9.31. The molecule has 0 saturated heterocycles. The molecule has 0 radical (unpaired) electrons. The standard InChI is InChI=1S/C11H20N2/c1-10-2-7-13(8-3-10)9-6-11(12)4-5-11/h2H,3-9,12H2,1H3. The van der Waals surface area contributed by atoms with Gasteiger partial charge in [0.15, 0.2) is 0 Å². The molecular weight excluding hydrogens is 160 g/mol. The largest absolute Gasteiger partial charge is 0.325 e. The van der Waals surface area contributed by atoms with E-state index in [1.807, 2.05) is 0 Å². The van der Waals surface area contributed by atoms with Gasteiger partial charge in [-0.1, -0.05) is 11.6 Å². The predicted molar refractivity (Wildman–Crippen MR) is 55.6 cm³/mol. The Balaban J connectivity index is 1.71. The quantitative estimate of drug-likeness (QED) is 0.667. The fourth-order valence-corrected chi connectivity index (χ4v) is 1.81. The Labute approximate surface area is 80.8 Å². The van der Waals surface area contributed by atoms with Crippen molar-refractivity contribution in [3.8, 4) is 0 Å². The van der Waals surface area contributed by atoms with Gasteiger partial charge in [-0.05, 0) is 32.6 Å². The summed E-state index contributed by atoms with van der Waals surface area (Å²) in [5.74, 6) is 0. The van der Waals surface area contributed by atoms with Crippen molar-refractivity contribution in [3.63, 3.8) is 0 Å². The van der Waals surface area contributed by atoms with Crippen LogP contribution in [0.5, 0.6) is 0 Å². The maximum atomic E-state index is 6.05. The van der Waals surface area contributed by atoms with Crippen LogP contribution in [-0.2, 0) is 0 Å². The average molecular weight is 180 g/mol. The third-order valence-corrected chi connectivity index (χ3v) is 3.34. The van der Waals surface area contributed by atoms with E-state index in [-0.39, 0.29) is 5.54 Å². The van der Waals surface area contributed by atoms with Crippen LogP contribution in [0.2, 0.25) is 0 Å². The number of hydrogen-bond donors (Lipinski definition) is 1. The zero-order valence-electron chi connectivity index (χ0n) is 8.55. The third kappa shape index (κ3) is 2.55. The van der Waals surface area contributed by atoms with Gasteiger partial charge in [-0.2, -0.15) is 0 Å². The van der Waals surface area contributed by atoms with Crippen molar-refractivity contribution in [1.82, 2.24) is 4.90 Å². The summed E-state index contributed by atoms with van der Waals surface area (Å²) in [6.07, 6.45) is 7.28. The first-order valence-corrected chi connectivity index (χ1v) is 5.35. The first kappa shape index (κ1) is 9.22. The zero-order valence-corrected chi connectivity index (χ0v) is 8.55. The second kappa shape index (κ2) is 3.43. The summed E-state index contributed by atoms with van der Waals surface area (Å²) in [4.78, 5) is 2.51. The molecule has 1 fully saturated rings. The Kier molecular flexibility index (Phi) is 2.43. The Hall–Kier alpha value is -0.340. The molecule has 0 unspecified atom stereocenters. The van der Waals surface area contributed by atoms with Gasteiger partial charge in [0.2, 0.25) is 0 Å². The number of rotatable bonds is 3. The number of nitrogens with two attached hydrogens (primary N) is 1. The van der Waals surface area contributed by atoms with Gasteiger partial charge in [0.05, 0.1) is 0 Å². The Morgan fingerprint density at radius 2 is 2.31 bits per heavy atom. The van der Waals surface area contributed by atoms with Gasteiger partial charge < -0.3 is 5.73 Å². The minimum Gasteiger partial charge on any atom is -0.325 e. The van der Waals surface area contributed by atoms with Crippen molar-refractivity contribution in [1.29, 1.82) is 0 Å². The second-order valence-electron chi connectivity index (χ2n) is 4.71. The van der Waals surface area contributed by atoms with Crippen LogP contribution >= 0.6 is 0 Å². The molecule has 2 N–H and O–H groups in total. The third-order valence-electron chi connectivity index (χ3n) is 3.34. The van der Waals surface area contributed by atoms with E-state index in [0.29, 0.717) is 0 Å². The normalized spacial score (nSPS) is 27.1. The van der Waals surface area contributed by atoms with Crippen LogP contribution in [0.25, 0.3) is 0 Å². The van der Waals surface area contributed by atoms with E-state index < -0.39 is 0 Å². The molecule has 2 rings (SSSR count). The minimum atomic E-state index is 0.232. The van der Waals surface area contributed by atoms with Gasteiger partial charge >= 0.3 is 0 Å². The van der Waals surface area contributed by atoms with E-state index >= 15 is 0 Å². The molecule has 1 heterocycles. The molecule has 13 heavy (non-hydrogen) atoms. The maximum absolute atomic E-state index is 6.05. The van der Waals surface area contributed by atoms with Crippen molar-refractivity contribution >= 4 is 0 Å². The molecule has 0 bridgehead atoms. The Morgan fingerprint density at radius 3 is 2.85 bits per heavy atom. The van der Waals surface area contributed by atoms with Crippen LogP contribution < -0.4 is 5.73 Å². The van der Waals surface area contributed by atoms with Crippen molar-refractivity contribution < 1.29 is 0 Å². The molecule has 1 aliphatic carbocycles. The van der Waals surface area contributed by atoms with Gasteiger partial charge in [-0.25, -0.2) is 0 Å². The first-order valence-electron chi connectivity index (χ1n) is 5.35. The van der Waals surface area contributed by atoms with Crippen LogP contribution in [0.4, 0.5) is 0 Å². The fourth-order valence-electron chi connectivity index (χ4n) is 1.81. The van der Waals surface area contributed by atoms with Gasteiger partial charge in [0.25, 0.3) is 0 Å². The lowest BCUT2D eigenvalue weighted by molar-refractivity contribution is 0.278. The highest BCUT2D eigenvalue weighted by Gasteiger charge is 2.37. The molecule has 1 aliphatic heterocycles. The second-order valence-corrected chi connectivity index (χ2v) is 4.71.